The van der Waals surface area contributed by atoms with Crippen molar-refractivity contribution >= 4 is 87.2 Å². The Hall–Kier alpha value is -12.3. The first-order chi connectivity index (χ1) is 56.8. The van der Waals surface area contributed by atoms with E-state index in [1.807, 2.05) is 86.2 Å². The molecule has 0 saturated heterocycles. The summed E-state index contributed by atoms with van der Waals surface area (Å²) in [6.07, 6.45) is 25.8. The number of aromatic amines is 4. The van der Waals surface area contributed by atoms with Gasteiger partial charge in [0.15, 0.2) is 0 Å². The first kappa shape index (κ1) is 89.6. The second kappa shape index (κ2) is 45.3. The molecule has 10 aromatic heterocycles. The molecule has 0 aliphatic rings. The van der Waals surface area contributed by atoms with E-state index in [0.717, 1.165) is 27.8 Å². The molecule has 0 spiro atoms. The van der Waals surface area contributed by atoms with Crippen LogP contribution in [0.25, 0.3) is 87.2 Å². The molecule has 0 aliphatic heterocycles. The molecule has 0 aliphatic carbocycles. The highest BCUT2D eigenvalue weighted by molar-refractivity contribution is 5.86. The van der Waals surface area contributed by atoms with Gasteiger partial charge in [0.05, 0.1) is 27.8 Å². The third-order valence-electron chi connectivity index (χ3n) is 20.6. The summed E-state index contributed by atoms with van der Waals surface area (Å²) in [6.45, 7) is 43.8. The van der Waals surface area contributed by atoms with Crippen molar-refractivity contribution in [2.45, 2.75) is 198 Å². The lowest BCUT2D eigenvalue weighted by molar-refractivity contribution is 0.812. The number of hydrogen-bond acceptors (Lipinski definition) is 8. The van der Waals surface area contributed by atoms with Crippen LogP contribution in [-0.2, 0) is 0 Å². The van der Waals surface area contributed by atoms with Gasteiger partial charge in [-0.1, -0.05) is 260 Å². The van der Waals surface area contributed by atoms with Gasteiger partial charge in [0.2, 0.25) is 0 Å². The third-order valence-corrected chi connectivity index (χ3v) is 20.6. The zero-order valence-corrected chi connectivity index (χ0v) is 73.2. The van der Waals surface area contributed by atoms with Crippen molar-refractivity contribution in [1.82, 2.24) is 59.8 Å². The summed E-state index contributed by atoms with van der Waals surface area (Å²) in [5.41, 5.74) is 22.7. The monoisotopic (exact) mass is 1570 g/mol. The molecule has 4 N–H and O–H groups in total. The Kier molecular flexibility index (Phi) is 34.4. The van der Waals surface area contributed by atoms with Crippen LogP contribution >= 0.6 is 0 Å². The average Bonchev–Trinajstić information content (AvgIpc) is 1.76. The van der Waals surface area contributed by atoms with Gasteiger partial charge in [-0.05, 0) is 222 Å². The highest BCUT2D eigenvalue weighted by atomic mass is 14.8. The van der Waals surface area contributed by atoms with Crippen LogP contribution in [0, 0.1) is 0 Å². The predicted molar refractivity (Wildman–Crippen MR) is 505 cm³/mol. The molecular formula is C106H124N12. The number of para-hydroxylation sites is 2. The maximum Gasteiger partial charge on any atom is 0.115 e. The second-order valence-electron chi connectivity index (χ2n) is 32.8. The lowest BCUT2D eigenvalue weighted by Gasteiger charge is -2.08. The maximum absolute atomic E-state index is 4.40. The maximum atomic E-state index is 4.40. The Labute approximate surface area is 701 Å². The molecule has 0 fully saturated rings. The van der Waals surface area contributed by atoms with Crippen LogP contribution in [-0.4, -0.2) is 59.8 Å². The molecule has 18 rings (SSSR count). The Morgan fingerprint density at radius 1 is 0.229 bits per heavy atom. The Balaban J connectivity index is 0.000000150. The molecular weight excluding hydrogens is 1440 g/mol. The van der Waals surface area contributed by atoms with E-state index in [0.29, 0.717) is 59.2 Å². The Morgan fingerprint density at radius 3 is 1.31 bits per heavy atom. The predicted octanol–water partition coefficient (Wildman–Crippen LogP) is 29.8. The van der Waals surface area contributed by atoms with Gasteiger partial charge in [-0.3, -0.25) is 29.9 Å². The first-order valence-electron chi connectivity index (χ1n) is 42.0. The van der Waals surface area contributed by atoms with E-state index in [1.54, 1.807) is 24.9 Å². The molecule has 12 heteroatoms. The summed E-state index contributed by atoms with van der Waals surface area (Å²) in [6, 6.07) is 76.4. The van der Waals surface area contributed by atoms with E-state index in [9.17, 15) is 0 Å². The van der Waals surface area contributed by atoms with Crippen LogP contribution in [0.5, 0.6) is 0 Å². The smallest absolute Gasteiger partial charge is 0.115 e. The average molecular weight is 1570 g/mol. The number of fused-ring (bicyclic) bond motifs is 8. The van der Waals surface area contributed by atoms with Crippen molar-refractivity contribution < 1.29 is 0 Å². The molecule has 118 heavy (non-hydrogen) atoms. The standard InChI is InChI=1S/4C12H13N.4C11H13N.2C7H10N2/c1-9(2)10-5-3-7-12-11(10)6-4-8-13-12;1-9(2)11-7-3-5-10-6-4-8-13-12(10)11;1-9(2)10-5-6-12-11(8-10)4-3-7-13-12;1-9(2)11-6-5-10-4-3-7-13-12(10)8-11;1-8(2)9-3-4-11-10(7-9)5-6-12-11;1-8(2)10-4-3-9-5-6-12-11(9)7-10;1-8(2)9-4-3-5-11-10(9)6-7-12-11;1-8(2)10-5-3-4-9-6-7-12-11(9)10;1-6(2)7-3-8-5-9-4-7;1-6(2)7-5-8-3-4-9-7/h4*3-9H,1-2H3;4*3-8,12H,1-2H3;2*3-6H,1-2H3. The minimum Gasteiger partial charge on any atom is -0.361 e. The van der Waals surface area contributed by atoms with Crippen LogP contribution in [0.4, 0.5) is 0 Å². The van der Waals surface area contributed by atoms with E-state index in [-0.39, 0.29) is 0 Å². The summed E-state index contributed by atoms with van der Waals surface area (Å²) in [7, 11) is 0. The lowest BCUT2D eigenvalue weighted by atomic mass is 9.98. The van der Waals surface area contributed by atoms with E-state index < -0.39 is 0 Å². The van der Waals surface area contributed by atoms with E-state index in [2.05, 4.69) is 392 Å². The molecule has 0 unspecified atom stereocenters. The molecule has 0 bridgehead atoms. The molecule has 12 nitrogen and oxygen atoms in total. The van der Waals surface area contributed by atoms with E-state index >= 15 is 0 Å². The zero-order chi connectivity index (χ0) is 84.6. The third kappa shape index (κ3) is 26.4. The van der Waals surface area contributed by atoms with Crippen molar-refractivity contribution in [2.75, 3.05) is 0 Å². The Bertz CT molecular complexity index is 5570. The van der Waals surface area contributed by atoms with Gasteiger partial charge >= 0.3 is 0 Å². The van der Waals surface area contributed by atoms with Crippen molar-refractivity contribution in [3.05, 3.63) is 361 Å². The molecule has 0 saturated carbocycles. The number of nitrogens with zero attached hydrogens (tertiary/aromatic N) is 8. The first-order valence-corrected chi connectivity index (χ1v) is 42.0. The van der Waals surface area contributed by atoms with E-state index in [4.69, 9.17) is 0 Å². The largest absolute Gasteiger partial charge is 0.361 e. The quantitative estimate of drug-likeness (QED) is 0.105. The van der Waals surface area contributed by atoms with Gasteiger partial charge in [-0.2, -0.15) is 0 Å². The van der Waals surface area contributed by atoms with Gasteiger partial charge in [0.1, 0.15) is 6.33 Å². The fraction of sp³-hybridized carbons (Fsp3) is 0.283. The van der Waals surface area contributed by atoms with Crippen LogP contribution in [0.1, 0.15) is 253 Å². The van der Waals surface area contributed by atoms with Gasteiger partial charge in [0, 0.05) is 130 Å². The minimum absolute atomic E-state index is 0.485. The number of aromatic nitrogens is 12. The van der Waals surface area contributed by atoms with Crippen molar-refractivity contribution in [2.24, 2.45) is 0 Å². The van der Waals surface area contributed by atoms with Gasteiger partial charge in [-0.15, -0.1) is 0 Å². The fourth-order valence-corrected chi connectivity index (χ4v) is 13.4. The summed E-state index contributed by atoms with van der Waals surface area (Å²) < 4.78 is 0. The Morgan fingerprint density at radius 2 is 0.695 bits per heavy atom. The SMILES string of the molecule is CC(C)c1ccc2[nH]ccc2c1.CC(C)c1ccc2cc[nH]c2c1.CC(C)c1ccc2cccnc2c1.CC(C)c1ccc2ncccc2c1.CC(C)c1cccc2[nH]ccc12.CC(C)c1cccc2cc[nH]c12.CC(C)c1cccc2cccnc12.CC(C)c1cccc2ncccc12.CC(C)c1cnccn1.CC(C)c1cncnc1. The van der Waals surface area contributed by atoms with Crippen LogP contribution < -0.4 is 0 Å². The normalized spacial score (nSPS) is 11.0. The number of pyridine rings is 4. The molecule has 8 aromatic carbocycles. The van der Waals surface area contributed by atoms with Gasteiger partial charge in [-0.25, -0.2) is 9.97 Å². The van der Waals surface area contributed by atoms with Crippen molar-refractivity contribution in [3.63, 3.8) is 0 Å². The summed E-state index contributed by atoms with van der Waals surface area (Å²) in [5, 5.41) is 10.2. The number of rotatable bonds is 10. The summed E-state index contributed by atoms with van der Waals surface area (Å²) in [5.74, 6) is 5.70. The van der Waals surface area contributed by atoms with Crippen molar-refractivity contribution in [3.8, 4) is 0 Å². The highest BCUT2D eigenvalue weighted by Crippen LogP contribution is 2.30. The number of benzene rings is 8. The molecule has 0 amide bonds. The molecule has 10 heterocycles. The fourth-order valence-electron chi connectivity index (χ4n) is 13.4. The van der Waals surface area contributed by atoms with E-state index in [1.165, 1.54) is 115 Å². The minimum atomic E-state index is 0.485. The number of hydrogen-bond donors (Lipinski definition) is 4. The zero-order valence-electron chi connectivity index (χ0n) is 73.2. The number of H-pyrrole nitrogens is 4. The molecule has 608 valence electrons. The summed E-state index contributed by atoms with van der Waals surface area (Å²) >= 11 is 0. The van der Waals surface area contributed by atoms with Crippen LogP contribution in [0.3, 0.4) is 0 Å². The van der Waals surface area contributed by atoms with Gasteiger partial charge < -0.3 is 19.9 Å². The topological polar surface area (TPSA) is 166 Å². The van der Waals surface area contributed by atoms with Crippen molar-refractivity contribution in [1.29, 1.82) is 0 Å². The van der Waals surface area contributed by atoms with Gasteiger partial charge in [0.25, 0.3) is 0 Å². The van der Waals surface area contributed by atoms with Crippen LogP contribution in [0.15, 0.2) is 305 Å². The highest BCUT2D eigenvalue weighted by Gasteiger charge is 2.10. The molecule has 0 atom stereocenters. The van der Waals surface area contributed by atoms with Crippen LogP contribution in [0.2, 0.25) is 0 Å². The second-order valence-corrected chi connectivity index (χ2v) is 32.8. The molecule has 0 radical (unpaired) electrons. The number of nitrogens with one attached hydrogen (secondary N) is 4. The molecule has 18 aromatic rings. The summed E-state index contributed by atoms with van der Waals surface area (Å²) in [4.78, 5) is 46.1. The lowest BCUT2D eigenvalue weighted by Crippen LogP contribution is -1.91.